The summed E-state index contributed by atoms with van der Waals surface area (Å²) < 4.78 is 18.8. The molecule has 0 unspecified atom stereocenters. The van der Waals surface area contributed by atoms with Crippen LogP contribution in [0.5, 0.6) is 11.5 Å². The van der Waals surface area contributed by atoms with Crippen LogP contribution >= 0.6 is 0 Å². The molecule has 2 N–H and O–H groups in total. The highest BCUT2D eigenvalue weighted by Gasteiger charge is 2.16. The van der Waals surface area contributed by atoms with Gasteiger partial charge in [0.1, 0.15) is 17.3 Å². The van der Waals surface area contributed by atoms with Gasteiger partial charge in [-0.05, 0) is 78.2 Å². The number of phenols is 1. The predicted molar refractivity (Wildman–Crippen MR) is 120 cm³/mol. The normalized spacial score (nSPS) is 12.9. The number of carbonyl (C=O) groups is 1. The number of anilines is 1. The molecule has 0 atom stereocenters. The molecular formula is C25H21FN2O3. The third kappa shape index (κ3) is 4.48. The van der Waals surface area contributed by atoms with E-state index in [0.717, 1.165) is 16.7 Å². The maximum Gasteiger partial charge on any atom is 0.255 e. The standard InChI is InChI=1S/C25H21FN2O3/c1-15-9-17(11-21(10-15)31-2)25(30)28-20-6-3-16(4-7-20)18-12-23(27-14-18)22-13-19(26)5-8-24(22)29/h3-13,29H,14H2,1-2H3,(H,28,30). The fourth-order valence-corrected chi connectivity index (χ4v) is 3.45. The Morgan fingerprint density at radius 2 is 1.87 bits per heavy atom. The molecule has 0 saturated carbocycles. The van der Waals surface area contributed by atoms with Crippen LogP contribution in [0.3, 0.4) is 0 Å². The molecule has 0 bridgehead atoms. The molecule has 0 aromatic heterocycles. The highest BCUT2D eigenvalue weighted by atomic mass is 19.1. The van der Waals surface area contributed by atoms with Gasteiger partial charge in [-0.3, -0.25) is 9.79 Å². The molecule has 4 rings (SSSR count). The molecule has 5 nitrogen and oxygen atoms in total. The van der Waals surface area contributed by atoms with Crippen molar-refractivity contribution < 1.29 is 19.0 Å². The van der Waals surface area contributed by atoms with E-state index in [2.05, 4.69) is 10.3 Å². The highest BCUT2D eigenvalue weighted by Crippen LogP contribution is 2.27. The molecule has 1 aliphatic heterocycles. The summed E-state index contributed by atoms with van der Waals surface area (Å²) in [6.07, 6.45) is 1.83. The molecule has 0 aliphatic carbocycles. The van der Waals surface area contributed by atoms with Gasteiger partial charge in [0.05, 0.1) is 19.4 Å². The van der Waals surface area contributed by atoms with Crippen LogP contribution in [0.4, 0.5) is 10.1 Å². The molecule has 0 fully saturated rings. The Morgan fingerprint density at radius 3 is 2.61 bits per heavy atom. The van der Waals surface area contributed by atoms with Crippen LogP contribution < -0.4 is 10.1 Å². The van der Waals surface area contributed by atoms with Gasteiger partial charge >= 0.3 is 0 Å². The topological polar surface area (TPSA) is 70.9 Å². The Balaban J connectivity index is 1.48. The summed E-state index contributed by atoms with van der Waals surface area (Å²) in [5.74, 6) is -0.0250. The molecule has 0 saturated heterocycles. The summed E-state index contributed by atoms with van der Waals surface area (Å²) >= 11 is 0. The minimum atomic E-state index is -0.427. The van der Waals surface area contributed by atoms with Gasteiger partial charge in [0.25, 0.3) is 5.91 Å². The van der Waals surface area contributed by atoms with E-state index in [4.69, 9.17) is 4.74 Å². The molecule has 0 spiro atoms. The van der Waals surface area contributed by atoms with Gasteiger partial charge in [-0.15, -0.1) is 0 Å². The highest BCUT2D eigenvalue weighted by molar-refractivity contribution is 6.16. The second kappa shape index (κ2) is 8.44. The van der Waals surface area contributed by atoms with Gasteiger partial charge in [-0.1, -0.05) is 12.1 Å². The number of allylic oxidation sites excluding steroid dienone is 1. The smallest absolute Gasteiger partial charge is 0.255 e. The first-order chi connectivity index (χ1) is 14.9. The zero-order valence-electron chi connectivity index (χ0n) is 17.1. The molecule has 156 valence electrons. The van der Waals surface area contributed by atoms with Gasteiger partial charge in [0, 0.05) is 16.8 Å². The van der Waals surface area contributed by atoms with Crippen molar-refractivity contribution in [1.82, 2.24) is 0 Å². The van der Waals surface area contributed by atoms with Crippen LogP contribution in [0.1, 0.15) is 27.0 Å². The van der Waals surface area contributed by atoms with Crippen molar-refractivity contribution in [1.29, 1.82) is 0 Å². The van der Waals surface area contributed by atoms with Crippen LogP contribution in [0.2, 0.25) is 0 Å². The molecule has 3 aromatic carbocycles. The number of phenolic OH excluding ortho intramolecular Hbond substituents is 1. The number of aryl methyl sites for hydroxylation is 1. The molecule has 0 radical (unpaired) electrons. The van der Waals surface area contributed by atoms with Gasteiger partial charge in [-0.2, -0.15) is 0 Å². The molecule has 1 amide bonds. The zero-order chi connectivity index (χ0) is 22.0. The monoisotopic (exact) mass is 416 g/mol. The first kappa shape index (κ1) is 20.3. The van der Waals surface area contributed by atoms with E-state index in [9.17, 15) is 14.3 Å². The zero-order valence-corrected chi connectivity index (χ0v) is 17.1. The largest absolute Gasteiger partial charge is 0.507 e. The van der Waals surface area contributed by atoms with E-state index >= 15 is 0 Å². The van der Waals surface area contributed by atoms with Crippen LogP contribution in [-0.2, 0) is 0 Å². The SMILES string of the molecule is COc1cc(C)cc(C(=O)Nc2ccc(C3=CC(c4cc(F)ccc4O)=NC3)cc2)c1. The lowest BCUT2D eigenvalue weighted by Crippen LogP contribution is -2.12. The lowest BCUT2D eigenvalue weighted by Gasteiger charge is -2.09. The number of aliphatic imine (C=N–C) groups is 1. The number of methoxy groups -OCH3 is 1. The van der Waals surface area contributed by atoms with Gasteiger partial charge in [0.15, 0.2) is 0 Å². The fourth-order valence-electron chi connectivity index (χ4n) is 3.45. The minimum absolute atomic E-state index is 0.0107. The first-order valence-corrected chi connectivity index (χ1v) is 9.74. The minimum Gasteiger partial charge on any atom is -0.507 e. The lowest BCUT2D eigenvalue weighted by molar-refractivity contribution is 0.102. The third-order valence-electron chi connectivity index (χ3n) is 5.03. The number of nitrogens with zero attached hydrogens (tertiary/aromatic N) is 1. The van der Waals surface area contributed by atoms with Crippen molar-refractivity contribution in [2.24, 2.45) is 4.99 Å². The fraction of sp³-hybridized carbons (Fsp3) is 0.120. The van der Waals surface area contributed by atoms with E-state index in [1.807, 2.05) is 43.3 Å². The summed E-state index contributed by atoms with van der Waals surface area (Å²) in [5.41, 5.74) is 4.91. The number of nitrogens with one attached hydrogen (secondary N) is 1. The average molecular weight is 416 g/mol. The number of ether oxygens (including phenoxy) is 1. The number of halogens is 1. The van der Waals surface area contributed by atoms with Crippen molar-refractivity contribution in [3.63, 3.8) is 0 Å². The Labute approximate surface area is 179 Å². The van der Waals surface area contributed by atoms with Gasteiger partial charge in [0.2, 0.25) is 0 Å². The molecule has 31 heavy (non-hydrogen) atoms. The summed E-state index contributed by atoms with van der Waals surface area (Å²) in [5, 5.41) is 12.9. The average Bonchev–Trinajstić information content (AvgIpc) is 3.25. The maximum absolute atomic E-state index is 13.5. The van der Waals surface area contributed by atoms with Crippen LogP contribution in [0.15, 0.2) is 71.7 Å². The van der Waals surface area contributed by atoms with Crippen LogP contribution in [0.25, 0.3) is 5.57 Å². The lowest BCUT2D eigenvalue weighted by atomic mass is 10.0. The molecule has 1 heterocycles. The van der Waals surface area contributed by atoms with Gasteiger partial charge < -0.3 is 15.2 Å². The molecule has 1 aliphatic rings. The maximum atomic E-state index is 13.5. The number of rotatable bonds is 5. The number of amides is 1. The van der Waals surface area contributed by atoms with Crippen molar-refractivity contribution in [2.75, 3.05) is 19.0 Å². The predicted octanol–water partition coefficient (Wildman–Crippen LogP) is 4.99. The number of hydrogen-bond donors (Lipinski definition) is 2. The van der Waals surface area contributed by atoms with Crippen LogP contribution in [-0.4, -0.2) is 30.4 Å². The second-order valence-electron chi connectivity index (χ2n) is 7.30. The summed E-state index contributed by atoms with van der Waals surface area (Å²) in [6.45, 7) is 2.34. The summed E-state index contributed by atoms with van der Waals surface area (Å²) in [6, 6.07) is 16.6. The van der Waals surface area contributed by atoms with E-state index in [1.54, 1.807) is 19.2 Å². The summed E-state index contributed by atoms with van der Waals surface area (Å²) in [4.78, 5) is 17.0. The number of carbonyl (C=O) groups excluding carboxylic acids is 1. The molecular weight excluding hydrogens is 395 g/mol. The van der Waals surface area contributed by atoms with Crippen molar-refractivity contribution in [3.8, 4) is 11.5 Å². The first-order valence-electron chi connectivity index (χ1n) is 9.74. The van der Waals surface area contributed by atoms with Crippen molar-refractivity contribution in [3.05, 3.63) is 94.8 Å². The third-order valence-corrected chi connectivity index (χ3v) is 5.03. The van der Waals surface area contributed by atoms with E-state index < -0.39 is 5.82 Å². The Bertz CT molecular complexity index is 1210. The van der Waals surface area contributed by atoms with Crippen molar-refractivity contribution >= 4 is 22.9 Å². The quantitative estimate of drug-likeness (QED) is 0.616. The Morgan fingerprint density at radius 1 is 1.10 bits per heavy atom. The van der Waals surface area contributed by atoms with E-state index in [-0.39, 0.29) is 11.7 Å². The van der Waals surface area contributed by atoms with E-state index in [1.165, 1.54) is 18.2 Å². The van der Waals surface area contributed by atoms with Crippen LogP contribution in [0, 0.1) is 12.7 Å². The Hall–Kier alpha value is -3.93. The van der Waals surface area contributed by atoms with E-state index in [0.29, 0.717) is 34.8 Å². The number of aromatic hydroxyl groups is 1. The number of hydrogen-bond acceptors (Lipinski definition) is 4. The number of benzene rings is 3. The second-order valence-corrected chi connectivity index (χ2v) is 7.30. The Kier molecular flexibility index (Phi) is 5.54. The van der Waals surface area contributed by atoms with Gasteiger partial charge in [-0.25, -0.2) is 4.39 Å². The molecule has 6 heteroatoms. The van der Waals surface area contributed by atoms with Crippen molar-refractivity contribution in [2.45, 2.75) is 6.92 Å². The molecule has 3 aromatic rings. The summed E-state index contributed by atoms with van der Waals surface area (Å²) in [7, 11) is 1.57.